The van der Waals surface area contributed by atoms with Crippen molar-refractivity contribution in [3.63, 3.8) is 0 Å². The molecule has 0 spiro atoms. The molecule has 2 unspecified atom stereocenters. The molecule has 0 aromatic heterocycles. The fourth-order valence-electron chi connectivity index (χ4n) is 3.07. The summed E-state index contributed by atoms with van der Waals surface area (Å²) in [6.45, 7) is 6.08. The molecule has 4 heteroatoms. The Morgan fingerprint density at radius 2 is 2.35 bits per heavy atom. The molecule has 4 nitrogen and oxygen atoms in total. The van der Waals surface area contributed by atoms with E-state index in [4.69, 9.17) is 4.74 Å². The molecule has 0 aromatic rings. The predicted octanol–water partition coefficient (Wildman–Crippen LogP) is 1.60. The van der Waals surface area contributed by atoms with Crippen molar-refractivity contribution in [2.24, 2.45) is 11.3 Å². The van der Waals surface area contributed by atoms with Crippen LogP contribution in [0.2, 0.25) is 0 Å². The highest BCUT2D eigenvalue weighted by molar-refractivity contribution is 5.75. The van der Waals surface area contributed by atoms with Crippen molar-refractivity contribution in [3.8, 4) is 0 Å². The molecule has 1 N–H and O–H groups in total. The first-order chi connectivity index (χ1) is 8.12. The van der Waals surface area contributed by atoms with Gasteiger partial charge < -0.3 is 14.7 Å². The van der Waals surface area contributed by atoms with E-state index in [2.05, 4.69) is 11.8 Å². The summed E-state index contributed by atoms with van der Waals surface area (Å²) in [6, 6.07) is 0. The molecule has 2 aliphatic heterocycles. The highest BCUT2D eigenvalue weighted by Crippen LogP contribution is 2.31. The van der Waals surface area contributed by atoms with Crippen molar-refractivity contribution in [3.05, 3.63) is 0 Å². The van der Waals surface area contributed by atoms with E-state index in [1.165, 1.54) is 12.8 Å². The quantitative estimate of drug-likeness (QED) is 0.815. The second-order valence-corrected chi connectivity index (χ2v) is 5.72. The SMILES string of the molecule is CC1CCCN(CC2(C(=O)O)CCCOC2)C1. The minimum Gasteiger partial charge on any atom is -0.481 e. The molecule has 0 amide bonds. The first kappa shape index (κ1) is 12.8. The third-order valence-electron chi connectivity index (χ3n) is 4.04. The summed E-state index contributed by atoms with van der Waals surface area (Å²) in [7, 11) is 0. The van der Waals surface area contributed by atoms with Crippen LogP contribution in [0.5, 0.6) is 0 Å². The lowest BCUT2D eigenvalue weighted by molar-refractivity contribution is -0.159. The lowest BCUT2D eigenvalue weighted by Gasteiger charge is -2.40. The molecule has 2 heterocycles. The van der Waals surface area contributed by atoms with E-state index in [0.29, 0.717) is 25.7 Å². The zero-order chi connectivity index (χ0) is 12.3. The van der Waals surface area contributed by atoms with Crippen molar-refractivity contribution >= 4 is 5.97 Å². The summed E-state index contributed by atoms with van der Waals surface area (Å²) < 4.78 is 5.41. The summed E-state index contributed by atoms with van der Waals surface area (Å²) in [5.41, 5.74) is -0.657. The van der Waals surface area contributed by atoms with Crippen LogP contribution in [0.25, 0.3) is 0 Å². The van der Waals surface area contributed by atoms with Gasteiger partial charge in [0.05, 0.1) is 6.61 Å². The van der Waals surface area contributed by atoms with Crippen LogP contribution in [-0.2, 0) is 9.53 Å². The second kappa shape index (κ2) is 5.36. The Balaban J connectivity index is 1.99. The normalized spacial score (nSPS) is 35.7. The summed E-state index contributed by atoms with van der Waals surface area (Å²) in [4.78, 5) is 13.8. The predicted molar refractivity (Wildman–Crippen MR) is 65.0 cm³/mol. The van der Waals surface area contributed by atoms with Crippen LogP contribution in [0.1, 0.15) is 32.6 Å². The van der Waals surface area contributed by atoms with Crippen LogP contribution >= 0.6 is 0 Å². The topological polar surface area (TPSA) is 49.8 Å². The van der Waals surface area contributed by atoms with Crippen molar-refractivity contribution in [1.82, 2.24) is 4.90 Å². The van der Waals surface area contributed by atoms with Crippen molar-refractivity contribution < 1.29 is 14.6 Å². The first-order valence-corrected chi connectivity index (χ1v) is 6.66. The van der Waals surface area contributed by atoms with Gasteiger partial charge in [0.25, 0.3) is 0 Å². The maximum atomic E-state index is 11.5. The van der Waals surface area contributed by atoms with E-state index in [1.807, 2.05) is 0 Å². The van der Waals surface area contributed by atoms with Crippen LogP contribution < -0.4 is 0 Å². The summed E-state index contributed by atoms with van der Waals surface area (Å²) in [5, 5.41) is 9.48. The maximum Gasteiger partial charge on any atom is 0.313 e. The van der Waals surface area contributed by atoms with Gasteiger partial charge in [-0.05, 0) is 38.1 Å². The molecule has 17 heavy (non-hydrogen) atoms. The molecule has 0 bridgehead atoms. The Bertz CT molecular complexity index is 274. The van der Waals surface area contributed by atoms with Gasteiger partial charge in [0.1, 0.15) is 5.41 Å². The number of aliphatic carboxylic acids is 1. The fraction of sp³-hybridized carbons (Fsp3) is 0.923. The Kier molecular flexibility index (Phi) is 4.05. The highest BCUT2D eigenvalue weighted by Gasteiger charge is 2.42. The van der Waals surface area contributed by atoms with Gasteiger partial charge in [0, 0.05) is 19.7 Å². The molecule has 2 aliphatic rings. The van der Waals surface area contributed by atoms with Crippen molar-refractivity contribution in [2.75, 3.05) is 32.8 Å². The number of carbonyl (C=O) groups is 1. The third kappa shape index (κ3) is 2.99. The lowest BCUT2D eigenvalue weighted by atomic mass is 9.81. The Labute approximate surface area is 103 Å². The first-order valence-electron chi connectivity index (χ1n) is 6.66. The van der Waals surface area contributed by atoms with E-state index in [-0.39, 0.29) is 0 Å². The molecule has 0 aromatic carbocycles. The number of hydrogen-bond donors (Lipinski definition) is 1. The van der Waals surface area contributed by atoms with Crippen LogP contribution in [0.4, 0.5) is 0 Å². The Morgan fingerprint density at radius 1 is 1.53 bits per heavy atom. The number of ether oxygens (including phenoxy) is 1. The number of hydrogen-bond acceptors (Lipinski definition) is 3. The number of piperidine rings is 1. The maximum absolute atomic E-state index is 11.5. The summed E-state index contributed by atoms with van der Waals surface area (Å²) in [5.74, 6) is 0.00882. The molecular formula is C13H23NO3. The van der Waals surface area contributed by atoms with Gasteiger partial charge in [-0.15, -0.1) is 0 Å². The molecule has 2 saturated heterocycles. The van der Waals surface area contributed by atoms with Gasteiger partial charge in [0.2, 0.25) is 0 Å². The minimum atomic E-state index is -0.685. The van der Waals surface area contributed by atoms with Gasteiger partial charge in [-0.2, -0.15) is 0 Å². The minimum absolute atomic E-state index is 0.382. The Hall–Kier alpha value is -0.610. The van der Waals surface area contributed by atoms with Gasteiger partial charge in [-0.3, -0.25) is 4.79 Å². The number of carboxylic acid groups (broad SMARTS) is 1. The van der Waals surface area contributed by atoms with Crippen LogP contribution in [-0.4, -0.2) is 48.8 Å². The number of nitrogens with zero attached hydrogens (tertiary/aromatic N) is 1. The van der Waals surface area contributed by atoms with Gasteiger partial charge in [-0.25, -0.2) is 0 Å². The van der Waals surface area contributed by atoms with E-state index >= 15 is 0 Å². The summed E-state index contributed by atoms with van der Waals surface area (Å²) in [6.07, 6.45) is 4.09. The zero-order valence-electron chi connectivity index (χ0n) is 10.7. The largest absolute Gasteiger partial charge is 0.481 e. The average Bonchev–Trinajstić information content (AvgIpc) is 2.30. The number of carboxylic acids is 1. The molecular weight excluding hydrogens is 218 g/mol. The van der Waals surface area contributed by atoms with Crippen LogP contribution in [0.15, 0.2) is 0 Å². The van der Waals surface area contributed by atoms with Crippen LogP contribution in [0.3, 0.4) is 0 Å². The zero-order valence-corrected chi connectivity index (χ0v) is 10.7. The Morgan fingerprint density at radius 3 is 2.94 bits per heavy atom. The lowest BCUT2D eigenvalue weighted by Crippen LogP contribution is -2.50. The number of rotatable bonds is 3. The molecule has 0 aliphatic carbocycles. The molecule has 0 radical (unpaired) electrons. The standard InChI is InChI=1S/C13H23NO3/c1-11-4-2-6-14(8-11)9-13(12(15)16)5-3-7-17-10-13/h11H,2-10H2,1H3,(H,15,16). The van der Waals surface area contributed by atoms with Gasteiger partial charge >= 0.3 is 5.97 Å². The van der Waals surface area contributed by atoms with E-state index in [0.717, 1.165) is 25.9 Å². The second-order valence-electron chi connectivity index (χ2n) is 5.72. The van der Waals surface area contributed by atoms with Crippen molar-refractivity contribution in [2.45, 2.75) is 32.6 Å². The molecule has 0 saturated carbocycles. The molecule has 98 valence electrons. The van der Waals surface area contributed by atoms with E-state index in [9.17, 15) is 9.90 Å². The molecule has 2 rings (SSSR count). The summed E-state index contributed by atoms with van der Waals surface area (Å²) >= 11 is 0. The average molecular weight is 241 g/mol. The highest BCUT2D eigenvalue weighted by atomic mass is 16.5. The van der Waals surface area contributed by atoms with Crippen molar-refractivity contribution in [1.29, 1.82) is 0 Å². The smallest absolute Gasteiger partial charge is 0.313 e. The third-order valence-corrected chi connectivity index (χ3v) is 4.04. The fourth-order valence-corrected chi connectivity index (χ4v) is 3.07. The van der Waals surface area contributed by atoms with E-state index in [1.54, 1.807) is 0 Å². The van der Waals surface area contributed by atoms with Crippen LogP contribution in [0, 0.1) is 11.3 Å². The van der Waals surface area contributed by atoms with E-state index < -0.39 is 11.4 Å². The molecule has 2 fully saturated rings. The number of likely N-dealkylation sites (tertiary alicyclic amines) is 1. The van der Waals surface area contributed by atoms with Gasteiger partial charge in [0.15, 0.2) is 0 Å². The monoisotopic (exact) mass is 241 g/mol. The molecule has 2 atom stereocenters. The van der Waals surface area contributed by atoms with Gasteiger partial charge in [-0.1, -0.05) is 6.92 Å².